The zero-order valence-electron chi connectivity index (χ0n) is 6.98. The maximum absolute atomic E-state index is 4.03. The minimum absolute atomic E-state index is 0.987. The topological polar surface area (TPSA) is 30.7 Å². The Morgan fingerprint density at radius 2 is 2.25 bits per heavy atom. The van der Waals surface area contributed by atoms with Gasteiger partial charge in [-0.3, -0.25) is 0 Å². The molecule has 12 heavy (non-hydrogen) atoms. The molecule has 0 atom stereocenters. The molecule has 0 N–H and O–H groups in total. The van der Waals surface area contributed by atoms with Crippen LogP contribution in [0.15, 0.2) is 16.8 Å². The SMILES string of the molecule is Cc1nnn(-c2ccsc2)c1C. The Balaban J connectivity index is 2.55. The highest BCUT2D eigenvalue weighted by molar-refractivity contribution is 7.08. The van der Waals surface area contributed by atoms with Crippen LogP contribution >= 0.6 is 11.3 Å². The molecule has 0 bridgehead atoms. The second-order valence-electron chi connectivity index (χ2n) is 2.65. The molecule has 0 saturated carbocycles. The van der Waals surface area contributed by atoms with Gasteiger partial charge in [-0.05, 0) is 25.3 Å². The number of rotatable bonds is 1. The van der Waals surface area contributed by atoms with Gasteiger partial charge in [0.05, 0.1) is 17.1 Å². The van der Waals surface area contributed by atoms with Crippen LogP contribution in [0.5, 0.6) is 0 Å². The van der Waals surface area contributed by atoms with Crippen molar-refractivity contribution in [2.75, 3.05) is 0 Å². The lowest BCUT2D eigenvalue weighted by Gasteiger charge is -1.97. The highest BCUT2D eigenvalue weighted by Crippen LogP contribution is 2.13. The largest absolute Gasteiger partial charge is 0.217 e. The molecule has 0 aliphatic rings. The molecule has 4 heteroatoms. The van der Waals surface area contributed by atoms with Crippen LogP contribution in [0.1, 0.15) is 11.4 Å². The fourth-order valence-electron chi connectivity index (χ4n) is 1.03. The number of nitrogens with zero attached hydrogens (tertiary/aromatic N) is 3. The minimum atomic E-state index is 0.987. The number of hydrogen-bond acceptors (Lipinski definition) is 3. The lowest BCUT2D eigenvalue weighted by atomic mass is 10.4. The number of hydrogen-bond donors (Lipinski definition) is 0. The standard InChI is InChI=1S/C8H9N3S/c1-6-7(2)11(10-9-6)8-3-4-12-5-8/h3-5H,1-2H3. The van der Waals surface area contributed by atoms with Crippen LogP contribution in [0.2, 0.25) is 0 Å². The van der Waals surface area contributed by atoms with E-state index in [-0.39, 0.29) is 0 Å². The second kappa shape index (κ2) is 2.71. The van der Waals surface area contributed by atoms with E-state index < -0.39 is 0 Å². The monoisotopic (exact) mass is 179 g/mol. The van der Waals surface area contributed by atoms with Crippen molar-refractivity contribution in [3.8, 4) is 5.69 Å². The average molecular weight is 179 g/mol. The van der Waals surface area contributed by atoms with Gasteiger partial charge in [0.15, 0.2) is 0 Å². The first-order chi connectivity index (χ1) is 5.79. The molecule has 2 aromatic rings. The van der Waals surface area contributed by atoms with Crippen molar-refractivity contribution < 1.29 is 0 Å². The summed E-state index contributed by atoms with van der Waals surface area (Å²) in [6.07, 6.45) is 0. The van der Waals surface area contributed by atoms with E-state index in [0.717, 1.165) is 17.1 Å². The first-order valence-electron chi connectivity index (χ1n) is 3.70. The van der Waals surface area contributed by atoms with Gasteiger partial charge in [0.1, 0.15) is 0 Å². The van der Waals surface area contributed by atoms with Crippen LogP contribution in [-0.2, 0) is 0 Å². The molecule has 0 radical (unpaired) electrons. The fraction of sp³-hybridized carbons (Fsp3) is 0.250. The van der Waals surface area contributed by atoms with E-state index in [4.69, 9.17) is 0 Å². The molecule has 0 saturated heterocycles. The Morgan fingerprint density at radius 3 is 2.75 bits per heavy atom. The predicted octanol–water partition coefficient (Wildman–Crippen LogP) is 1.95. The Labute approximate surface area is 74.7 Å². The van der Waals surface area contributed by atoms with Crippen molar-refractivity contribution in [1.29, 1.82) is 0 Å². The van der Waals surface area contributed by atoms with Gasteiger partial charge in [0.25, 0.3) is 0 Å². The third-order valence-electron chi connectivity index (χ3n) is 1.88. The van der Waals surface area contributed by atoms with E-state index in [1.165, 1.54) is 0 Å². The lowest BCUT2D eigenvalue weighted by Crippen LogP contribution is -1.96. The van der Waals surface area contributed by atoms with E-state index in [1.54, 1.807) is 11.3 Å². The Kier molecular flexibility index (Phi) is 1.69. The summed E-state index contributed by atoms with van der Waals surface area (Å²) in [6.45, 7) is 3.98. The van der Waals surface area contributed by atoms with Gasteiger partial charge in [0, 0.05) is 5.38 Å². The summed E-state index contributed by atoms with van der Waals surface area (Å²) < 4.78 is 1.85. The summed E-state index contributed by atoms with van der Waals surface area (Å²) in [5.74, 6) is 0. The van der Waals surface area contributed by atoms with Gasteiger partial charge in [-0.2, -0.15) is 11.3 Å². The molecular weight excluding hydrogens is 170 g/mol. The maximum atomic E-state index is 4.03. The molecule has 0 fully saturated rings. The Morgan fingerprint density at radius 1 is 1.42 bits per heavy atom. The van der Waals surface area contributed by atoms with Gasteiger partial charge in [-0.1, -0.05) is 5.21 Å². The summed E-state index contributed by atoms with van der Waals surface area (Å²) in [5, 5.41) is 12.1. The smallest absolute Gasteiger partial charge is 0.0830 e. The summed E-state index contributed by atoms with van der Waals surface area (Å²) in [6, 6.07) is 2.03. The molecule has 0 unspecified atom stereocenters. The number of aromatic nitrogens is 3. The van der Waals surface area contributed by atoms with Crippen molar-refractivity contribution in [3.05, 3.63) is 28.2 Å². The van der Waals surface area contributed by atoms with Crippen molar-refractivity contribution in [2.45, 2.75) is 13.8 Å². The quantitative estimate of drug-likeness (QED) is 0.669. The zero-order chi connectivity index (χ0) is 8.55. The van der Waals surface area contributed by atoms with Crippen molar-refractivity contribution in [2.24, 2.45) is 0 Å². The van der Waals surface area contributed by atoms with Gasteiger partial charge >= 0.3 is 0 Å². The van der Waals surface area contributed by atoms with E-state index in [2.05, 4.69) is 15.7 Å². The van der Waals surface area contributed by atoms with Crippen LogP contribution in [0.25, 0.3) is 5.69 Å². The highest BCUT2D eigenvalue weighted by atomic mass is 32.1. The first kappa shape index (κ1) is 7.49. The second-order valence-corrected chi connectivity index (χ2v) is 3.43. The van der Waals surface area contributed by atoms with E-state index in [9.17, 15) is 0 Å². The number of aryl methyl sites for hydroxylation is 1. The molecule has 0 spiro atoms. The van der Waals surface area contributed by atoms with E-state index in [0.29, 0.717) is 0 Å². The molecule has 2 aromatic heterocycles. The van der Waals surface area contributed by atoms with Crippen LogP contribution < -0.4 is 0 Å². The van der Waals surface area contributed by atoms with Crippen LogP contribution in [0, 0.1) is 13.8 Å². The van der Waals surface area contributed by atoms with E-state index in [1.807, 2.05) is 30.0 Å². The maximum Gasteiger partial charge on any atom is 0.0830 e. The van der Waals surface area contributed by atoms with Crippen LogP contribution in [-0.4, -0.2) is 15.0 Å². The van der Waals surface area contributed by atoms with Crippen molar-refractivity contribution in [1.82, 2.24) is 15.0 Å². The average Bonchev–Trinajstić information content (AvgIpc) is 2.64. The lowest BCUT2D eigenvalue weighted by molar-refractivity contribution is 0.787. The molecule has 0 amide bonds. The molecule has 62 valence electrons. The van der Waals surface area contributed by atoms with Gasteiger partial charge < -0.3 is 0 Å². The van der Waals surface area contributed by atoms with Crippen molar-refractivity contribution >= 4 is 11.3 Å². The summed E-state index contributed by atoms with van der Waals surface area (Å²) in [4.78, 5) is 0. The summed E-state index contributed by atoms with van der Waals surface area (Å²) in [7, 11) is 0. The normalized spacial score (nSPS) is 10.5. The molecule has 0 aromatic carbocycles. The molecule has 0 aliphatic heterocycles. The summed E-state index contributed by atoms with van der Waals surface area (Å²) in [5.41, 5.74) is 3.19. The van der Waals surface area contributed by atoms with Crippen LogP contribution in [0.3, 0.4) is 0 Å². The van der Waals surface area contributed by atoms with Gasteiger partial charge in [0.2, 0.25) is 0 Å². The Bertz CT molecular complexity index is 375. The Hall–Kier alpha value is -1.16. The van der Waals surface area contributed by atoms with E-state index >= 15 is 0 Å². The fourth-order valence-corrected chi connectivity index (χ4v) is 1.64. The van der Waals surface area contributed by atoms with Crippen molar-refractivity contribution in [3.63, 3.8) is 0 Å². The van der Waals surface area contributed by atoms with Gasteiger partial charge in [-0.15, -0.1) is 5.10 Å². The zero-order valence-corrected chi connectivity index (χ0v) is 7.80. The van der Waals surface area contributed by atoms with Crippen LogP contribution in [0.4, 0.5) is 0 Å². The third kappa shape index (κ3) is 1.04. The minimum Gasteiger partial charge on any atom is -0.217 e. The molecule has 2 rings (SSSR count). The summed E-state index contributed by atoms with van der Waals surface area (Å²) >= 11 is 1.66. The third-order valence-corrected chi connectivity index (χ3v) is 2.55. The molecule has 3 nitrogen and oxygen atoms in total. The highest BCUT2D eigenvalue weighted by Gasteiger charge is 2.05. The van der Waals surface area contributed by atoms with Gasteiger partial charge in [-0.25, -0.2) is 4.68 Å². The first-order valence-corrected chi connectivity index (χ1v) is 4.65. The molecule has 2 heterocycles. The number of thiophene rings is 1. The predicted molar refractivity (Wildman–Crippen MR) is 48.7 cm³/mol. The molecule has 0 aliphatic carbocycles. The molecular formula is C8H9N3S.